The Hall–Kier alpha value is -2.29. The highest BCUT2D eigenvalue weighted by atomic mass is 31.2. The summed E-state index contributed by atoms with van der Waals surface area (Å²) in [6, 6.07) is 0. The summed E-state index contributed by atoms with van der Waals surface area (Å²) >= 11 is 0. The molecule has 0 bridgehead atoms. The molecule has 0 radical (unpaired) electrons. The number of allylic oxidation sites excluding steroid dienone is 10. The maximum absolute atomic E-state index is 12.6. The average molecular weight is 780 g/mol. The lowest BCUT2D eigenvalue weighted by molar-refractivity contribution is -0.870. The Bertz CT molecular complexity index is 1110. The third-order valence-corrected chi connectivity index (χ3v) is 9.49. The summed E-state index contributed by atoms with van der Waals surface area (Å²) in [5.41, 5.74) is 0. The Morgan fingerprint density at radius 3 is 1.61 bits per heavy atom. The van der Waals surface area contributed by atoms with E-state index in [1.807, 2.05) is 21.1 Å². The molecule has 0 aromatic carbocycles. The first-order valence-corrected chi connectivity index (χ1v) is 22.5. The van der Waals surface area contributed by atoms with E-state index in [2.05, 4.69) is 74.6 Å². The molecule has 312 valence electrons. The van der Waals surface area contributed by atoms with E-state index in [9.17, 15) is 19.0 Å². The minimum absolute atomic E-state index is 0.0420. The Balaban J connectivity index is 4.48. The monoisotopic (exact) mass is 780 g/mol. The van der Waals surface area contributed by atoms with Crippen molar-refractivity contribution in [2.24, 2.45) is 0 Å². The van der Waals surface area contributed by atoms with Gasteiger partial charge in [0.25, 0.3) is 7.82 Å². The number of hydrogen-bond donors (Lipinski definition) is 0. The molecule has 0 N–H and O–H groups in total. The standard InChI is InChI=1S/C44H78NO8P/c1-6-8-10-12-14-16-18-20-22-24-26-28-30-32-34-36-43(46)50-40-42(41-52-54(48,49)51-39-38-45(3,4)5)53-44(47)37-35-33-31-29-27-25-23-21-19-17-15-13-11-9-7-2/h9,11,15,17,20-23,26,28,42H,6-8,10,12-14,16,18-19,24-25,27,29-41H2,1-5H3/b11-9+,17-15+,22-20+,23-21+,28-26+/t42-/m1/s1. The van der Waals surface area contributed by atoms with Crippen LogP contribution in [0.15, 0.2) is 60.8 Å². The van der Waals surface area contributed by atoms with Gasteiger partial charge in [-0.15, -0.1) is 0 Å². The smallest absolute Gasteiger partial charge is 0.306 e. The number of likely N-dealkylation sites (N-methyl/N-ethyl adjacent to an activating group) is 1. The van der Waals surface area contributed by atoms with Gasteiger partial charge in [-0.25, -0.2) is 0 Å². The Morgan fingerprint density at radius 2 is 1.06 bits per heavy atom. The van der Waals surface area contributed by atoms with Crippen molar-refractivity contribution >= 4 is 19.8 Å². The van der Waals surface area contributed by atoms with E-state index in [-0.39, 0.29) is 26.1 Å². The van der Waals surface area contributed by atoms with Crippen LogP contribution in [0, 0.1) is 0 Å². The fourth-order valence-corrected chi connectivity index (χ4v) is 5.96. The molecule has 1 unspecified atom stereocenters. The fraction of sp³-hybridized carbons (Fsp3) is 0.727. The zero-order valence-electron chi connectivity index (χ0n) is 34.9. The first kappa shape index (κ1) is 51.7. The molecular weight excluding hydrogens is 701 g/mol. The topological polar surface area (TPSA) is 111 Å². The molecule has 0 saturated carbocycles. The number of quaternary nitrogens is 1. The summed E-state index contributed by atoms with van der Waals surface area (Å²) in [5.74, 6) is -0.898. The first-order valence-electron chi connectivity index (χ1n) is 21.0. The third kappa shape index (κ3) is 39.4. The zero-order chi connectivity index (χ0) is 40.0. The van der Waals surface area contributed by atoms with Gasteiger partial charge >= 0.3 is 11.9 Å². The summed E-state index contributed by atoms with van der Waals surface area (Å²) in [7, 11) is 1.13. The minimum atomic E-state index is -4.64. The van der Waals surface area contributed by atoms with Gasteiger partial charge in [0.2, 0.25) is 0 Å². The number of carbonyl (C=O) groups excluding carboxylic acids is 2. The van der Waals surface area contributed by atoms with Crippen LogP contribution in [-0.4, -0.2) is 70.0 Å². The number of phosphoric ester groups is 1. The zero-order valence-corrected chi connectivity index (χ0v) is 35.8. The molecule has 9 nitrogen and oxygen atoms in total. The van der Waals surface area contributed by atoms with Crippen molar-refractivity contribution in [3.63, 3.8) is 0 Å². The molecule has 0 amide bonds. The van der Waals surface area contributed by atoms with Crippen LogP contribution >= 0.6 is 7.82 Å². The number of carbonyl (C=O) groups is 2. The van der Waals surface area contributed by atoms with Gasteiger partial charge in [-0.3, -0.25) is 14.2 Å². The van der Waals surface area contributed by atoms with Crippen molar-refractivity contribution in [1.29, 1.82) is 0 Å². The van der Waals surface area contributed by atoms with Gasteiger partial charge in [-0.1, -0.05) is 126 Å². The molecular formula is C44H78NO8P. The van der Waals surface area contributed by atoms with Crippen LogP contribution in [0.3, 0.4) is 0 Å². The third-order valence-electron chi connectivity index (χ3n) is 8.52. The molecule has 0 aliphatic carbocycles. The van der Waals surface area contributed by atoms with Gasteiger partial charge in [0.05, 0.1) is 27.7 Å². The van der Waals surface area contributed by atoms with Crippen LogP contribution in [-0.2, 0) is 32.7 Å². The highest BCUT2D eigenvalue weighted by Crippen LogP contribution is 2.38. The van der Waals surface area contributed by atoms with Crippen LogP contribution in [0.4, 0.5) is 0 Å². The summed E-state index contributed by atoms with van der Waals surface area (Å²) in [4.78, 5) is 37.4. The van der Waals surface area contributed by atoms with E-state index in [1.54, 1.807) is 0 Å². The lowest BCUT2D eigenvalue weighted by Crippen LogP contribution is -2.37. The molecule has 0 fully saturated rings. The minimum Gasteiger partial charge on any atom is -0.756 e. The van der Waals surface area contributed by atoms with Crippen molar-refractivity contribution in [3.05, 3.63) is 60.8 Å². The van der Waals surface area contributed by atoms with E-state index in [4.69, 9.17) is 18.5 Å². The second kappa shape index (κ2) is 36.4. The number of phosphoric acid groups is 1. The maximum atomic E-state index is 12.6. The summed E-state index contributed by atoms with van der Waals surface area (Å²) in [5, 5.41) is 0. The van der Waals surface area contributed by atoms with E-state index < -0.39 is 32.5 Å². The van der Waals surface area contributed by atoms with Crippen LogP contribution in [0.2, 0.25) is 0 Å². The Kier molecular flexibility index (Phi) is 34.8. The number of rotatable bonds is 37. The predicted octanol–water partition coefficient (Wildman–Crippen LogP) is 11.1. The summed E-state index contributed by atoms with van der Waals surface area (Å²) < 4.78 is 33.8. The van der Waals surface area contributed by atoms with E-state index in [0.717, 1.165) is 77.0 Å². The van der Waals surface area contributed by atoms with Gasteiger partial charge in [-0.05, 0) is 77.0 Å². The van der Waals surface area contributed by atoms with Crippen LogP contribution < -0.4 is 4.89 Å². The van der Waals surface area contributed by atoms with Crippen LogP contribution in [0.25, 0.3) is 0 Å². The molecule has 0 aliphatic rings. The first-order chi connectivity index (χ1) is 26.0. The molecule has 0 rings (SSSR count). The molecule has 0 heterocycles. The largest absolute Gasteiger partial charge is 0.756 e. The van der Waals surface area contributed by atoms with Crippen molar-refractivity contribution in [1.82, 2.24) is 0 Å². The molecule has 2 atom stereocenters. The van der Waals surface area contributed by atoms with E-state index >= 15 is 0 Å². The average Bonchev–Trinajstić information content (AvgIpc) is 3.12. The maximum Gasteiger partial charge on any atom is 0.306 e. The van der Waals surface area contributed by atoms with Crippen LogP contribution in [0.5, 0.6) is 0 Å². The lowest BCUT2D eigenvalue weighted by atomic mass is 10.1. The molecule has 0 aromatic rings. The molecule has 54 heavy (non-hydrogen) atoms. The molecule has 0 aromatic heterocycles. The van der Waals surface area contributed by atoms with Crippen molar-refractivity contribution in [2.75, 3.05) is 47.5 Å². The fourth-order valence-electron chi connectivity index (χ4n) is 5.23. The molecule has 0 saturated heterocycles. The second-order valence-electron chi connectivity index (χ2n) is 15.0. The highest BCUT2D eigenvalue weighted by molar-refractivity contribution is 7.45. The normalized spacial score (nSPS) is 14.3. The predicted molar refractivity (Wildman–Crippen MR) is 222 cm³/mol. The number of hydrogen-bond acceptors (Lipinski definition) is 8. The van der Waals surface area contributed by atoms with Gasteiger partial charge in [0.1, 0.15) is 19.8 Å². The van der Waals surface area contributed by atoms with E-state index in [1.165, 1.54) is 38.5 Å². The number of ether oxygens (including phenoxy) is 2. The summed E-state index contributed by atoms with van der Waals surface area (Å²) in [6.45, 7) is 4.03. The van der Waals surface area contributed by atoms with Gasteiger partial charge in [0, 0.05) is 12.8 Å². The van der Waals surface area contributed by atoms with Crippen LogP contribution in [0.1, 0.15) is 155 Å². The number of esters is 2. The van der Waals surface area contributed by atoms with Gasteiger partial charge in [-0.2, -0.15) is 0 Å². The molecule has 0 spiro atoms. The van der Waals surface area contributed by atoms with Crippen molar-refractivity contribution < 1.29 is 42.1 Å². The number of unbranched alkanes of at least 4 members (excludes halogenated alkanes) is 13. The second-order valence-corrected chi connectivity index (χ2v) is 16.4. The van der Waals surface area contributed by atoms with Crippen molar-refractivity contribution in [2.45, 2.75) is 161 Å². The lowest BCUT2D eigenvalue weighted by Gasteiger charge is -2.28. The van der Waals surface area contributed by atoms with E-state index in [0.29, 0.717) is 23.9 Å². The number of nitrogens with zero attached hydrogens (tertiary/aromatic N) is 1. The quantitative estimate of drug-likeness (QED) is 0.0201. The Labute approximate surface area is 330 Å². The SMILES string of the molecule is CC/C=C/C/C=C/C/C=C/CCCCCCCC(=O)O[C@H](COC(=O)CCCC/C=C/C/C=C/CCCCCCCC)COP(=O)([O-])OCC[N+](C)(C)C. The van der Waals surface area contributed by atoms with Gasteiger partial charge < -0.3 is 27.9 Å². The summed E-state index contributed by atoms with van der Waals surface area (Å²) in [6.07, 6.45) is 42.5. The molecule has 0 aliphatic heterocycles. The molecule has 10 heteroatoms. The highest BCUT2D eigenvalue weighted by Gasteiger charge is 2.21. The van der Waals surface area contributed by atoms with Crippen molar-refractivity contribution in [3.8, 4) is 0 Å². The Morgan fingerprint density at radius 1 is 0.593 bits per heavy atom. The van der Waals surface area contributed by atoms with Gasteiger partial charge in [0.15, 0.2) is 6.10 Å².